The number of furan rings is 1. The molecule has 1 aromatic heterocycles. The van der Waals surface area contributed by atoms with E-state index >= 15 is 0 Å². The summed E-state index contributed by atoms with van der Waals surface area (Å²) in [5.41, 5.74) is 0.196. The van der Waals surface area contributed by atoms with Gasteiger partial charge in [0.1, 0.15) is 11.6 Å². The minimum Gasteiger partial charge on any atom is -0.478 e. The summed E-state index contributed by atoms with van der Waals surface area (Å²) >= 11 is 0. The van der Waals surface area contributed by atoms with Gasteiger partial charge in [-0.15, -0.1) is 0 Å². The second-order valence-electron chi connectivity index (χ2n) is 4.12. The molecular weight excluding hydrogens is 249 g/mol. The Morgan fingerprint density at radius 2 is 2.26 bits per heavy atom. The molecule has 2 N–H and O–H groups in total. The highest BCUT2D eigenvalue weighted by Gasteiger charge is 2.15. The van der Waals surface area contributed by atoms with E-state index in [0.717, 1.165) is 6.07 Å². The first-order valence-electron chi connectivity index (χ1n) is 5.94. The quantitative estimate of drug-likeness (QED) is 0.863. The number of carboxylic acid groups (broad SMARTS) is 1. The van der Waals surface area contributed by atoms with Crippen LogP contribution in [0, 0.1) is 5.82 Å². The highest BCUT2D eigenvalue weighted by molar-refractivity contribution is 5.88. The van der Waals surface area contributed by atoms with Gasteiger partial charge in [-0.2, -0.15) is 0 Å². The monoisotopic (exact) mass is 263 g/mol. The molecule has 0 fully saturated rings. The number of hydrogen-bond acceptors (Lipinski definition) is 3. The van der Waals surface area contributed by atoms with Crippen LogP contribution in [0.15, 0.2) is 41.0 Å². The lowest BCUT2D eigenvalue weighted by atomic mass is 10.1. The third-order valence-electron chi connectivity index (χ3n) is 2.84. The van der Waals surface area contributed by atoms with Crippen molar-refractivity contribution in [3.63, 3.8) is 0 Å². The van der Waals surface area contributed by atoms with E-state index < -0.39 is 11.8 Å². The van der Waals surface area contributed by atoms with Crippen LogP contribution < -0.4 is 5.32 Å². The van der Waals surface area contributed by atoms with E-state index in [1.165, 1.54) is 12.1 Å². The number of halogens is 1. The van der Waals surface area contributed by atoms with Gasteiger partial charge in [-0.3, -0.25) is 0 Å². The fourth-order valence-electron chi connectivity index (χ4n) is 1.82. The first-order chi connectivity index (χ1) is 9.11. The van der Waals surface area contributed by atoms with Gasteiger partial charge in [-0.05, 0) is 36.8 Å². The van der Waals surface area contributed by atoms with Gasteiger partial charge in [0, 0.05) is 0 Å². The lowest BCUT2D eigenvalue weighted by molar-refractivity contribution is 0.0697. The normalized spacial score (nSPS) is 12.1. The molecule has 1 heterocycles. The van der Waals surface area contributed by atoms with Gasteiger partial charge >= 0.3 is 5.97 Å². The molecule has 5 heteroatoms. The van der Waals surface area contributed by atoms with Crippen LogP contribution in [0.2, 0.25) is 0 Å². The number of carboxylic acids is 1. The molecule has 4 nitrogen and oxygen atoms in total. The average Bonchev–Trinajstić information content (AvgIpc) is 2.91. The minimum atomic E-state index is -1.09. The summed E-state index contributed by atoms with van der Waals surface area (Å²) < 4.78 is 19.0. The summed E-state index contributed by atoms with van der Waals surface area (Å²) in [5, 5.41) is 11.9. The zero-order valence-corrected chi connectivity index (χ0v) is 10.4. The van der Waals surface area contributed by atoms with Crippen LogP contribution in [0.25, 0.3) is 0 Å². The van der Waals surface area contributed by atoms with Crippen LogP contribution in [-0.4, -0.2) is 11.1 Å². The molecule has 0 radical (unpaired) electrons. The zero-order chi connectivity index (χ0) is 13.8. The molecule has 0 aliphatic carbocycles. The Hall–Kier alpha value is -2.30. The minimum absolute atomic E-state index is 0.0400. The van der Waals surface area contributed by atoms with Crippen LogP contribution >= 0.6 is 0 Å². The van der Waals surface area contributed by atoms with Crippen LogP contribution in [0.1, 0.15) is 35.5 Å². The van der Waals surface area contributed by atoms with Crippen molar-refractivity contribution in [2.24, 2.45) is 0 Å². The third kappa shape index (κ3) is 2.93. The maximum Gasteiger partial charge on any atom is 0.335 e. The summed E-state index contributed by atoms with van der Waals surface area (Å²) in [6, 6.07) is 7.00. The topological polar surface area (TPSA) is 62.5 Å². The van der Waals surface area contributed by atoms with Crippen LogP contribution in [0.3, 0.4) is 0 Å². The van der Waals surface area contributed by atoms with Crippen molar-refractivity contribution in [2.75, 3.05) is 5.32 Å². The first kappa shape index (κ1) is 13.1. The number of nitrogens with one attached hydrogen (secondary N) is 1. The second-order valence-corrected chi connectivity index (χ2v) is 4.12. The predicted molar refractivity (Wildman–Crippen MR) is 68.7 cm³/mol. The molecule has 19 heavy (non-hydrogen) atoms. The predicted octanol–water partition coefficient (Wildman–Crippen LogP) is 3.68. The Morgan fingerprint density at radius 1 is 1.47 bits per heavy atom. The van der Waals surface area contributed by atoms with Crippen molar-refractivity contribution < 1.29 is 18.7 Å². The molecule has 0 amide bonds. The fourth-order valence-corrected chi connectivity index (χ4v) is 1.82. The lowest BCUT2D eigenvalue weighted by Gasteiger charge is -2.16. The summed E-state index contributed by atoms with van der Waals surface area (Å²) in [7, 11) is 0. The maximum absolute atomic E-state index is 13.7. The molecule has 0 aliphatic rings. The number of aromatic carboxylic acids is 1. The van der Waals surface area contributed by atoms with Crippen molar-refractivity contribution in [1.82, 2.24) is 0 Å². The van der Waals surface area contributed by atoms with Gasteiger partial charge in [0.25, 0.3) is 0 Å². The van der Waals surface area contributed by atoms with E-state index in [1.807, 2.05) is 6.92 Å². The second kappa shape index (κ2) is 5.56. The van der Waals surface area contributed by atoms with E-state index in [1.54, 1.807) is 18.4 Å². The Kier molecular flexibility index (Phi) is 3.85. The first-order valence-corrected chi connectivity index (χ1v) is 5.94. The zero-order valence-electron chi connectivity index (χ0n) is 10.4. The SMILES string of the molecule is CCC(Nc1cc(C(=O)O)ccc1F)c1ccco1. The van der Waals surface area contributed by atoms with Gasteiger partial charge in [0.15, 0.2) is 0 Å². The number of benzene rings is 1. The number of hydrogen-bond donors (Lipinski definition) is 2. The summed E-state index contributed by atoms with van der Waals surface area (Å²) in [5.74, 6) is -0.897. The van der Waals surface area contributed by atoms with Crippen LogP contribution in [-0.2, 0) is 0 Å². The van der Waals surface area contributed by atoms with E-state index in [2.05, 4.69) is 5.32 Å². The van der Waals surface area contributed by atoms with Crippen molar-refractivity contribution in [1.29, 1.82) is 0 Å². The highest BCUT2D eigenvalue weighted by Crippen LogP contribution is 2.25. The van der Waals surface area contributed by atoms with Crippen molar-refractivity contribution in [3.05, 3.63) is 53.7 Å². The Morgan fingerprint density at radius 3 is 2.84 bits per heavy atom. The van der Waals surface area contributed by atoms with Gasteiger partial charge < -0.3 is 14.8 Å². The van der Waals surface area contributed by atoms with Crippen molar-refractivity contribution >= 4 is 11.7 Å². The molecule has 1 unspecified atom stereocenters. The molecule has 2 rings (SSSR count). The highest BCUT2D eigenvalue weighted by atomic mass is 19.1. The standard InChI is InChI=1S/C14H14FNO3/c1-2-11(13-4-3-7-19-13)16-12-8-9(14(17)18)5-6-10(12)15/h3-8,11,16H,2H2,1H3,(H,17,18). The maximum atomic E-state index is 13.7. The van der Waals surface area contributed by atoms with Gasteiger partial charge in [-0.25, -0.2) is 9.18 Å². The Balaban J connectivity index is 2.26. The molecule has 0 saturated carbocycles. The third-order valence-corrected chi connectivity index (χ3v) is 2.84. The van der Waals surface area contributed by atoms with Gasteiger partial charge in [-0.1, -0.05) is 6.92 Å². The summed E-state index contributed by atoms with van der Waals surface area (Å²) in [6.07, 6.45) is 2.23. The number of anilines is 1. The summed E-state index contributed by atoms with van der Waals surface area (Å²) in [6.45, 7) is 1.93. The van der Waals surface area contributed by atoms with Crippen molar-refractivity contribution in [2.45, 2.75) is 19.4 Å². The average molecular weight is 263 g/mol. The van der Waals surface area contributed by atoms with E-state index in [4.69, 9.17) is 9.52 Å². The van der Waals surface area contributed by atoms with Crippen molar-refractivity contribution in [3.8, 4) is 0 Å². The number of rotatable bonds is 5. The van der Waals surface area contributed by atoms with E-state index in [-0.39, 0.29) is 17.3 Å². The van der Waals surface area contributed by atoms with Gasteiger partial charge in [0.2, 0.25) is 0 Å². The molecule has 100 valence electrons. The van der Waals surface area contributed by atoms with E-state index in [9.17, 15) is 9.18 Å². The van der Waals surface area contributed by atoms with Gasteiger partial charge in [0.05, 0.1) is 23.6 Å². The number of carbonyl (C=O) groups is 1. The van der Waals surface area contributed by atoms with Crippen LogP contribution in [0.5, 0.6) is 0 Å². The lowest BCUT2D eigenvalue weighted by Crippen LogP contribution is -2.11. The van der Waals surface area contributed by atoms with Crippen LogP contribution in [0.4, 0.5) is 10.1 Å². The Labute approximate surface area is 109 Å². The summed E-state index contributed by atoms with van der Waals surface area (Å²) in [4.78, 5) is 10.9. The van der Waals surface area contributed by atoms with E-state index in [0.29, 0.717) is 12.2 Å². The molecule has 0 bridgehead atoms. The molecule has 0 aliphatic heterocycles. The molecule has 1 aromatic carbocycles. The molecule has 0 saturated heterocycles. The smallest absolute Gasteiger partial charge is 0.335 e. The largest absolute Gasteiger partial charge is 0.478 e. The fraction of sp³-hybridized carbons (Fsp3) is 0.214. The molecule has 2 aromatic rings. The Bertz CT molecular complexity index is 566. The molecule has 1 atom stereocenters. The molecular formula is C14H14FNO3. The molecule has 0 spiro atoms.